The Hall–Kier alpha value is -1.35. The Balaban J connectivity index is 1.70. The molecule has 1 unspecified atom stereocenters. The first-order chi connectivity index (χ1) is 9.66. The molecular formula is C17H24N2O. The predicted molar refractivity (Wildman–Crippen MR) is 81.9 cm³/mol. The minimum atomic E-state index is 0.00801. The van der Waals surface area contributed by atoms with Gasteiger partial charge in [-0.2, -0.15) is 0 Å². The summed E-state index contributed by atoms with van der Waals surface area (Å²) in [7, 11) is 0. The van der Waals surface area contributed by atoms with Gasteiger partial charge < -0.3 is 4.90 Å². The number of fused-ring (bicyclic) bond motifs is 1. The predicted octanol–water partition coefficient (Wildman–Crippen LogP) is 2.70. The Labute approximate surface area is 121 Å². The summed E-state index contributed by atoms with van der Waals surface area (Å²) >= 11 is 0. The molecule has 3 rings (SSSR count). The zero-order valence-corrected chi connectivity index (χ0v) is 12.5. The summed E-state index contributed by atoms with van der Waals surface area (Å²) in [6.45, 7) is 7.33. The largest absolute Gasteiger partial charge is 0.310 e. The lowest BCUT2D eigenvalue weighted by Gasteiger charge is -2.35. The number of rotatable bonds is 2. The minimum Gasteiger partial charge on any atom is -0.310 e. The first kappa shape index (κ1) is 13.6. The van der Waals surface area contributed by atoms with Crippen molar-refractivity contribution in [2.45, 2.75) is 39.2 Å². The van der Waals surface area contributed by atoms with Crippen LogP contribution in [-0.2, 0) is 11.2 Å². The lowest BCUT2D eigenvalue weighted by atomic mass is 9.98. The monoisotopic (exact) mass is 272 g/mol. The molecule has 0 aliphatic carbocycles. The van der Waals surface area contributed by atoms with Gasteiger partial charge >= 0.3 is 0 Å². The van der Waals surface area contributed by atoms with Gasteiger partial charge in [0.05, 0.1) is 6.04 Å². The van der Waals surface area contributed by atoms with Crippen LogP contribution in [0.2, 0.25) is 0 Å². The average molecular weight is 272 g/mol. The molecule has 2 aliphatic heterocycles. The van der Waals surface area contributed by atoms with Crippen molar-refractivity contribution < 1.29 is 4.79 Å². The summed E-state index contributed by atoms with van der Waals surface area (Å²) < 4.78 is 0. The maximum absolute atomic E-state index is 12.8. The third-order valence-electron chi connectivity index (χ3n) is 4.88. The van der Waals surface area contributed by atoms with Crippen LogP contribution in [0, 0.1) is 5.92 Å². The summed E-state index contributed by atoms with van der Waals surface area (Å²) in [5.74, 6) is 1.07. The molecule has 0 radical (unpaired) electrons. The lowest BCUT2D eigenvalue weighted by Crippen LogP contribution is -2.49. The number of amides is 1. The fraction of sp³-hybridized carbons (Fsp3) is 0.588. The van der Waals surface area contributed by atoms with Gasteiger partial charge in [-0.1, -0.05) is 25.1 Å². The zero-order valence-electron chi connectivity index (χ0n) is 12.5. The molecule has 2 heterocycles. The maximum atomic E-state index is 12.8. The molecule has 1 amide bonds. The third kappa shape index (κ3) is 2.47. The first-order valence-corrected chi connectivity index (χ1v) is 7.80. The van der Waals surface area contributed by atoms with Gasteiger partial charge in [0.15, 0.2) is 0 Å². The number of benzene rings is 1. The van der Waals surface area contributed by atoms with E-state index in [2.05, 4.69) is 36.9 Å². The van der Waals surface area contributed by atoms with E-state index in [1.54, 1.807) is 0 Å². The Morgan fingerprint density at radius 2 is 1.90 bits per heavy atom. The van der Waals surface area contributed by atoms with Crippen molar-refractivity contribution in [1.82, 2.24) is 4.90 Å². The van der Waals surface area contributed by atoms with Gasteiger partial charge in [-0.05, 0) is 56.8 Å². The SMILES string of the molecule is CC1CCN(C(C)C(=O)N2CCc3ccccc32)CC1. The lowest BCUT2D eigenvalue weighted by molar-refractivity contribution is -0.123. The number of carbonyl (C=O) groups excluding carboxylic acids is 1. The van der Waals surface area contributed by atoms with E-state index in [0.717, 1.165) is 37.7 Å². The van der Waals surface area contributed by atoms with Crippen LogP contribution in [-0.4, -0.2) is 36.5 Å². The third-order valence-corrected chi connectivity index (χ3v) is 4.88. The Kier molecular flexibility index (Phi) is 3.79. The fourth-order valence-electron chi connectivity index (χ4n) is 3.36. The summed E-state index contributed by atoms with van der Waals surface area (Å²) in [6.07, 6.45) is 3.42. The maximum Gasteiger partial charge on any atom is 0.244 e. The minimum absolute atomic E-state index is 0.00801. The molecule has 20 heavy (non-hydrogen) atoms. The molecule has 3 nitrogen and oxygen atoms in total. The van der Waals surface area contributed by atoms with Crippen molar-refractivity contribution in [1.29, 1.82) is 0 Å². The summed E-state index contributed by atoms with van der Waals surface area (Å²) in [6, 6.07) is 8.30. The van der Waals surface area contributed by atoms with Gasteiger partial charge in [-0.25, -0.2) is 0 Å². The van der Waals surface area contributed by atoms with E-state index in [-0.39, 0.29) is 11.9 Å². The Morgan fingerprint density at radius 1 is 1.20 bits per heavy atom. The van der Waals surface area contributed by atoms with Crippen molar-refractivity contribution in [2.24, 2.45) is 5.92 Å². The summed E-state index contributed by atoms with van der Waals surface area (Å²) in [5, 5.41) is 0. The highest BCUT2D eigenvalue weighted by molar-refractivity contribution is 5.98. The van der Waals surface area contributed by atoms with Crippen LogP contribution in [0.1, 0.15) is 32.3 Å². The molecule has 2 aliphatic rings. The summed E-state index contributed by atoms with van der Waals surface area (Å²) in [4.78, 5) is 17.1. The van der Waals surface area contributed by atoms with Crippen LogP contribution >= 0.6 is 0 Å². The molecule has 0 spiro atoms. The van der Waals surface area contributed by atoms with Crippen molar-refractivity contribution >= 4 is 11.6 Å². The van der Waals surface area contributed by atoms with Crippen molar-refractivity contribution in [3.05, 3.63) is 29.8 Å². The van der Waals surface area contributed by atoms with E-state index in [1.165, 1.54) is 18.4 Å². The quantitative estimate of drug-likeness (QED) is 0.826. The molecule has 0 N–H and O–H groups in total. The topological polar surface area (TPSA) is 23.6 Å². The number of anilines is 1. The van der Waals surface area contributed by atoms with E-state index in [0.29, 0.717) is 0 Å². The molecule has 1 aromatic carbocycles. The van der Waals surface area contributed by atoms with Gasteiger partial charge in [0, 0.05) is 12.2 Å². The number of piperidine rings is 1. The highest BCUT2D eigenvalue weighted by atomic mass is 16.2. The van der Waals surface area contributed by atoms with Crippen LogP contribution in [0.3, 0.4) is 0 Å². The molecule has 1 aromatic rings. The molecule has 1 fully saturated rings. The van der Waals surface area contributed by atoms with E-state index >= 15 is 0 Å². The summed E-state index contributed by atoms with van der Waals surface area (Å²) in [5.41, 5.74) is 2.43. The second kappa shape index (κ2) is 5.57. The second-order valence-corrected chi connectivity index (χ2v) is 6.26. The Bertz CT molecular complexity index is 492. The molecule has 1 atom stereocenters. The number of carbonyl (C=O) groups is 1. The highest BCUT2D eigenvalue weighted by Gasteiger charge is 2.31. The van der Waals surface area contributed by atoms with E-state index in [4.69, 9.17) is 0 Å². The molecule has 0 aromatic heterocycles. The van der Waals surface area contributed by atoms with Gasteiger partial charge in [0.25, 0.3) is 0 Å². The zero-order chi connectivity index (χ0) is 14.1. The Morgan fingerprint density at radius 3 is 2.65 bits per heavy atom. The van der Waals surface area contributed by atoms with E-state index in [1.807, 2.05) is 11.0 Å². The molecular weight excluding hydrogens is 248 g/mol. The van der Waals surface area contributed by atoms with Crippen LogP contribution in [0.5, 0.6) is 0 Å². The second-order valence-electron chi connectivity index (χ2n) is 6.26. The van der Waals surface area contributed by atoms with Gasteiger partial charge in [-0.15, -0.1) is 0 Å². The first-order valence-electron chi connectivity index (χ1n) is 7.80. The average Bonchev–Trinajstić information content (AvgIpc) is 2.90. The van der Waals surface area contributed by atoms with Gasteiger partial charge in [-0.3, -0.25) is 9.69 Å². The van der Waals surface area contributed by atoms with E-state index in [9.17, 15) is 4.79 Å². The van der Waals surface area contributed by atoms with Crippen LogP contribution in [0.25, 0.3) is 0 Å². The molecule has 108 valence electrons. The standard InChI is InChI=1S/C17H24N2O/c1-13-7-10-18(11-8-13)14(2)17(20)19-12-9-15-5-3-4-6-16(15)19/h3-6,13-14H,7-12H2,1-2H3. The van der Waals surface area contributed by atoms with Gasteiger partial charge in [0.2, 0.25) is 5.91 Å². The number of hydrogen-bond acceptors (Lipinski definition) is 2. The van der Waals surface area contributed by atoms with Gasteiger partial charge in [0.1, 0.15) is 0 Å². The number of para-hydroxylation sites is 1. The van der Waals surface area contributed by atoms with Crippen LogP contribution < -0.4 is 4.90 Å². The smallest absolute Gasteiger partial charge is 0.244 e. The molecule has 0 bridgehead atoms. The highest BCUT2D eigenvalue weighted by Crippen LogP contribution is 2.29. The molecule has 0 saturated carbocycles. The number of nitrogens with zero attached hydrogens (tertiary/aromatic N) is 2. The fourth-order valence-corrected chi connectivity index (χ4v) is 3.36. The number of likely N-dealkylation sites (tertiary alicyclic amines) is 1. The van der Waals surface area contributed by atoms with Crippen molar-refractivity contribution in [2.75, 3.05) is 24.5 Å². The number of hydrogen-bond donors (Lipinski definition) is 0. The van der Waals surface area contributed by atoms with E-state index < -0.39 is 0 Å². The van der Waals surface area contributed by atoms with Crippen LogP contribution in [0.4, 0.5) is 5.69 Å². The van der Waals surface area contributed by atoms with Crippen LogP contribution in [0.15, 0.2) is 24.3 Å². The molecule has 3 heteroatoms. The van der Waals surface area contributed by atoms with Crippen molar-refractivity contribution in [3.8, 4) is 0 Å². The van der Waals surface area contributed by atoms with Crippen molar-refractivity contribution in [3.63, 3.8) is 0 Å². The molecule has 1 saturated heterocycles. The normalized spacial score (nSPS) is 21.8.